The molecule has 0 spiro atoms. The van der Waals surface area contributed by atoms with Crippen LogP contribution in [-0.4, -0.2) is 47.0 Å². The molecule has 1 aliphatic heterocycles. The number of anilines is 1. The predicted octanol–water partition coefficient (Wildman–Crippen LogP) is 4.54. The van der Waals surface area contributed by atoms with Crippen LogP contribution in [0.1, 0.15) is 51.4 Å². The first-order chi connectivity index (χ1) is 14.3. The number of piperidine rings is 1. The number of carbonyl (C=O) groups is 1. The van der Waals surface area contributed by atoms with E-state index in [0.29, 0.717) is 12.0 Å². The fraction of sp³-hybridized carbons (Fsp3) is 0.542. The summed E-state index contributed by atoms with van der Waals surface area (Å²) in [6.07, 6.45) is 16.5. The second-order valence-corrected chi connectivity index (χ2v) is 8.52. The first kappa shape index (κ1) is 19.9. The number of rotatable bonds is 7. The molecule has 1 unspecified atom stereocenters. The quantitative estimate of drug-likeness (QED) is 0.649. The Hall–Kier alpha value is -2.43. The Kier molecular flexibility index (Phi) is 6.75. The van der Waals surface area contributed by atoms with Crippen molar-refractivity contribution in [1.29, 1.82) is 0 Å². The molecule has 4 rings (SSSR count). The highest BCUT2D eigenvalue weighted by Gasteiger charge is 2.24. The molecule has 154 valence electrons. The Morgan fingerprint density at radius 3 is 2.55 bits per heavy atom. The minimum Gasteiger partial charge on any atom is -0.356 e. The highest BCUT2D eigenvalue weighted by Crippen LogP contribution is 2.27. The van der Waals surface area contributed by atoms with Crippen LogP contribution >= 0.6 is 0 Å². The van der Waals surface area contributed by atoms with Crippen molar-refractivity contribution in [3.05, 3.63) is 42.9 Å². The van der Waals surface area contributed by atoms with Crippen LogP contribution < -0.4 is 4.90 Å². The highest BCUT2D eigenvalue weighted by atomic mass is 16.1. The van der Waals surface area contributed by atoms with E-state index in [-0.39, 0.29) is 0 Å². The van der Waals surface area contributed by atoms with E-state index < -0.39 is 0 Å². The first-order valence-corrected chi connectivity index (χ1v) is 11.2. The van der Waals surface area contributed by atoms with Crippen LogP contribution in [0.25, 0.3) is 11.1 Å². The van der Waals surface area contributed by atoms with Crippen LogP contribution in [0.3, 0.4) is 0 Å². The second kappa shape index (κ2) is 9.86. The number of aromatic nitrogens is 2. The fourth-order valence-electron chi connectivity index (χ4n) is 4.86. The maximum absolute atomic E-state index is 11.6. The van der Waals surface area contributed by atoms with Gasteiger partial charge in [0.1, 0.15) is 5.82 Å². The minimum absolute atomic E-state index is 0.475. The molecule has 1 aliphatic carbocycles. The lowest BCUT2D eigenvalue weighted by molar-refractivity contribution is -0.121. The normalized spacial score (nSPS) is 20.4. The summed E-state index contributed by atoms with van der Waals surface area (Å²) in [7, 11) is 0. The standard InChI is InChI=1S/C24H32N4O/c29-19-28(23-6-2-1-3-7-23)16-12-20-5-4-15-27(18-20)24-9-8-22(17-26-24)21-10-13-25-14-11-21/h8-11,13-14,17,19-20,23H,1-7,12,15-16,18H2. The molecule has 0 N–H and O–H groups in total. The zero-order valence-corrected chi connectivity index (χ0v) is 17.2. The van der Waals surface area contributed by atoms with Gasteiger partial charge in [0.25, 0.3) is 0 Å². The van der Waals surface area contributed by atoms with Crippen molar-refractivity contribution >= 4 is 12.2 Å². The van der Waals surface area contributed by atoms with Gasteiger partial charge in [0.05, 0.1) is 0 Å². The van der Waals surface area contributed by atoms with Gasteiger partial charge in [0, 0.05) is 49.8 Å². The molecule has 3 heterocycles. The van der Waals surface area contributed by atoms with Crippen LogP contribution in [0, 0.1) is 5.92 Å². The Bertz CT molecular complexity index is 758. The molecule has 0 bridgehead atoms. The lowest BCUT2D eigenvalue weighted by Gasteiger charge is -2.36. The summed E-state index contributed by atoms with van der Waals surface area (Å²) in [4.78, 5) is 24.9. The predicted molar refractivity (Wildman–Crippen MR) is 117 cm³/mol. The summed E-state index contributed by atoms with van der Waals surface area (Å²) >= 11 is 0. The maximum Gasteiger partial charge on any atom is 0.209 e. The van der Waals surface area contributed by atoms with E-state index in [1.54, 1.807) is 0 Å². The SMILES string of the molecule is O=CN(CCC1CCCN(c2ccc(-c3ccncc3)cn2)C1)C1CCCCC1. The third kappa shape index (κ3) is 5.14. The molecule has 2 aliphatic rings. The molecular weight excluding hydrogens is 360 g/mol. The van der Waals surface area contributed by atoms with E-state index >= 15 is 0 Å². The fourth-order valence-corrected chi connectivity index (χ4v) is 4.86. The summed E-state index contributed by atoms with van der Waals surface area (Å²) in [6.45, 7) is 3.01. The molecule has 1 amide bonds. The van der Waals surface area contributed by atoms with Gasteiger partial charge in [-0.05, 0) is 67.9 Å². The highest BCUT2D eigenvalue weighted by molar-refractivity contribution is 5.63. The van der Waals surface area contributed by atoms with Crippen molar-refractivity contribution < 1.29 is 4.79 Å². The van der Waals surface area contributed by atoms with Gasteiger partial charge in [-0.3, -0.25) is 9.78 Å². The molecule has 2 aromatic heterocycles. The number of pyridine rings is 2. The Labute approximate surface area is 174 Å². The smallest absolute Gasteiger partial charge is 0.209 e. The van der Waals surface area contributed by atoms with Gasteiger partial charge in [-0.15, -0.1) is 0 Å². The summed E-state index contributed by atoms with van der Waals surface area (Å²) in [5, 5.41) is 0. The molecule has 0 aromatic carbocycles. The van der Waals surface area contributed by atoms with Gasteiger partial charge in [-0.25, -0.2) is 4.98 Å². The lowest BCUT2D eigenvalue weighted by Crippen LogP contribution is -2.40. The molecular formula is C24H32N4O. The van der Waals surface area contributed by atoms with E-state index in [4.69, 9.17) is 4.98 Å². The average molecular weight is 393 g/mol. The van der Waals surface area contributed by atoms with Crippen LogP contribution in [0.5, 0.6) is 0 Å². The third-order valence-corrected chi connectivity index (χ3v) is 6.58. The van der Waals surface area contributed by atoms with Crippen LogP contribution in [0.15, 0.2) is 42.9 Å². The van der Waals surface area contributed by atoms with E-state index in [9.17, 15) is 4.79 Å². The van der Waals surface area contributed by atoms with Crippen molar-refractivity contribution in [1.82, 2.24) is 14.9 Å². The zero-order valence-electron chi connectivity index (χ0n) is 17.2. The van der Waals surface area contributed by atoms with Crippen molar-refractivity contribution in [3.8, 4) is 11.1 Å². The number of hydrogen-bond acceptors (Lipinski definition) is 4. The van der Waals surface area contributed by atoms with E-state index in [0.717, 1.165) is 49.4 Å². The first-order valence-electron chi connectivity index (χ1n) is 11.2. The van der Waals surface area contributed by atoms with E-state index in [1.165, 1.54) is 44.9 Å². The van der Waals surface area contributed by atoms with Gasteiger partial charge < -0.3 is 9.80 Å². The van der Waals surface area contributed by atoms with Gasteiger partial charge >= 0.3 is 0 Å². The number of carbonyl (C=O) groups excluding carboxylic acids is 1. The summed E-state index contributed by atoms with van der Waals surface area (Å²) in [5.41, 5.74) is 2.27. The van der Waals surface area contributed by atoms with Crippen LogP contribution in [-0.2, 0) is 4.79 Å². The lowest BCUT2D eigenvalue weighted by atomic mass is 9.92. The van der Waals surface area contributed by atoms with Gasteiger partial charge in [-0.1, -0.05) is 19.3 Å². The maximum atomic E-state index is 11.6. The van der Waals surface area contributed by atoms with Gasteiger partial charge in [0.15, 0.2) is 0 Å². The van der Waals surface area contributed by atoms with Gasteiger partial charge in [-0.2, -0.15) is 0 Å². The molecule has 1 saturated carbocycles. The average Bonchev–Trinajstić information content (AvgIpc) is 2.81. The van der Waals surface area contributed by atoms with Crippen molar-refractivity contribution in [2.24, 2.45) is 5.92 Å². The van der Waals surface area contributed by atoms with Crippen molar-refractivity contribution in [3.63, 3.8) is 0 Å². The molecule has 1 saturated heterocycles. The van der Waals surface area contributed by atoms with Crippen LogP contribution in [0.2, 0.25) is 0 Å². The molecule has 2 fully saturated rings. The molecule has 2 aromatic rings. The number of hydrogen-bond donors (Lipinski definition) is 0. The third-order valence-electron chi connectivity index (χ3n) is 6.58. The minimum atomic E-state index is 0.475. The number of amides is 1. The van der Waals surface area contributed by atoms with E-state index in [2.05, 4.69) is 26.9 Å². The summed E-state index contributed by atoms with van der Waals surface area (Å²) in [5.74, 6) is 1.70. The second-order valence-electron chi connectivity index (χ2n) is 8.52. The summed E-state index contributed by atoms with van der Waals surface area (Å²) < 4.78 is 0. The monoisotopic (exact) mass is 392 g/mol. The van der Waals surface area contributed by atoms with Gasteiger partial charge in [0.2, 0.25) is 6.41 Å². The van der Waals surface area contributed by atoms with Crippen molar-refractivity contribution in [2.45, 2.75) is 57.4 Å². The van der Waals surface area contributed by atoms with Crippen LogP contribution in [0.4, 0.5) is 5.82 Å². The molecule has 1 atom stereocenters. The molecule has 5 heteroatoms. The largest absolute Gasteiger partial charge is 0.356 e. The summed E-state index contributed by atoms with van der Waals surface area (Å²) in [6, 6.07) is 8.79. The topological polar surface area (TPSA) is 49.3 Å². The van der Waals surface area contributed by atoms with E-state index in [1.807, 2.05) is 30.7 Å². The Morgan fingerprint density at radius 2 is 1.83 bits per heavy atom. The number of nitrogens with zero attached hydrogens (tertiary/aromatic N) is 4. The molecule has 5 nitrogen and oxygen atoms in total. The molecule has 29 heavy (non-hydrogen) atoms. The molecule has 0 radical (unpaired) electrons. The Morgan fingerprint density at radius 1 is 1.00 bits per heavy atom. The van der Waals surface area contributed by atoms with Crippen molar-refractivity contribution in [2.75, 3.05) is 24.5 Å². The Balaban J connectivity index is 1.32. The zero-order chi connectivity index (χ0) is 19.9.